The van der Waals surface area contributed by atoms with E-state index in [0.29, 0.717) is 12.1 Å². The van der Waals surface area contributed by atoms with E-state index in [9.17, 15) is 9.18 Å². The van der Waals surface area contributed by atoms with Gasteiger partial charge in [-0.15, -0.1) is 11.8 Å². The number of halogens is 1. The quantitative estimate of drug-likeness (QED) is 0.608. The second-order valence-corrected chi connectivity index (χ2v) is 5.81. The minimum Gasteiger partial charge on any atom is -0.338 e. The molecule has 0 heterocycles. The van der Waals surface area contributed by atoms with Crippen molar-refractivity contribution in [1.82, 2.24) is 4.90 Å². The molecule has 0 bridgehead atoms. The number of likely N-dealkylation sites (N-methyl/N-ethyl adjacent to an activating group) is 1. The van der Waals surface area contributed by atoms with Crippen molar-refractivity contribution in [3.05, 3.63) is 71.6 Å². The summed E-state index contributed by atoms with van der Waals surface area (Å²) in [5.41, 5.74) is 1.75. The number of rotatable bonds is 5. The lowest BCUT2D eigenvalue weighted by Crippen LogP contribution is -2.24. The van der Waals surface area contributed by atoms with Crippen LogP contribution in [0.5, 0.6) is 0 Å². The second kappa shape index (κ2) is 7.80. The molecule has 114 valence electrons. The van der Waals surface area contributed by atoms with Crippen LogP contribution in [-0.4, -0.2) is 24.1 Å². The Morgan fingerprint density at radius 1 is 1.23 bits per heavy atom. The van der Waals surface area contributed by atoms with Crippen molar-refractivity contribution in [2.24, 2.45) is 0 Å². The molecular weight excluding hydrogens is 297 g/mol. The minimum atomic E-state index is -0.308. The summed E-state index contributed by atoms with van der Waals surface area (Å²) in [5, 5.41) is 0. The van der Waals surface area contributed by atoms with E-state index in [4.69, 9.17) is 0 Å². The van der Waals surface area contributed by atoms with E-state index in [-0.39, 0.29) is 11.7 Å². The van der Waals surface area contributed by atoms with Crippen LogP contribution in [0.4, 0.5) is 4.39 Å². The van der Waals surface area contributed by atoms with Gasteiger partial charge in [-0.1, -0.05) is 24.3 Å². The zero-order valence-corrected chi connectivity index (χ0v) is 13.4. The van der Waals surface area contributed by atoms with Gasteiger partial charge in [0, 0.05) is 24.6 Å². The summed E-state index contributed by atoms with van der Waals surface area (Å²) >= 11 is 1.69. The smallest absolute Gasteiger partial charge is 0.246 e. The van der Waals surface area contributed by atoms with Crippen LogP contribution >= 0.6 is 11.8 Å². The fraction of sp³-hybridized carbons (Fsp3) is 0.167. The van der Waals surface area contributed by atoms with E-state index < -0.39 is 0 Å². The first-order chi connectivity index (χ1) is 10.6. The molecule has 0 saturated heterocycles. The van der Waals surface area contributed by atoms with Gasteiger partial charge in [-0.3, -0.25) is 4.79 Å². The standard InChI is InChI=1S/C18H18FNOS/c1-20(13-15-6-9-17(22-2)10-7-15)18(21)11-8-14-4-3-5-16(19)12-14/h3-12H,13H2,1-2H3/b11-8+. The summed E-state index contributed by atoms with van der Waals surface area (Å²) in [5.74, 6) is -0.421. The van der Waals surface area contributed by atoms with Crippen molar-refractivity contribution < 1.29 is 9.18 Å². The van der Waals surface area contributed by atoms with Gasteiger partial charge in [0.05, 0.1) is 0 Å². The van der Waals surface area contributed by atoms with E-state index >= 15 is 0 Å². The van der Waals surface area contributed by atoms with Crippen LogP contribution in [0.2, 0.25) is 0 Å². The van der Waals surface area contributed by atoms with Crippen LogP contribution in [-0.2, 0) is 11.3 Å². The number of amides is 1. The Balaban J connectivity index is 1.96. The predicted molar refractivity (Wildman–Crippen MR) is 90.1 cm³/mol. The summed E-state index contributed by atoms with van der Waals surface area (Å²) in [4.78, 5) is 14.9. The monoisotopic (exact) mass is 315 g/mol. The van der Waals surface area contributed by atoms with Crippen molar-refractivity contribution in [2.45, 2.75) is 11.4 Å². The first kappa shape index (κ1) is 16.3. The van der Waals surface area contributed by atoms with Crippen LogP contribution in [0.1, 0.15) is 11.1 Å². The van der Waals surface area contributed by atoms with Crippen molar-refractivity contribution >= 4 is 23.7 Å². The van der Waals surface area contributed by atoms with E-state index in [1.54, 1.807) is 41.9 Å². The lowest BCUT2D eigenvalue weighted by atomic mass is 10.2. The molecule has 1 amide bonds. The Kier molecular flexibility index (Phi) is 5.78. The van der Waals surface area contributed by atoms with Crippen LogP contribution in [0, 0.1) is 5.82 Å². The zero-order chi connectivity index (χ0) is 15.9. The molecule has 0 N–H and O–H groups in total. The first-order valence-corrected chi connectivity index (χ1v) is 8.12. The number of benzene rings is 2. The van der Waals surface area contributed by atoms with Gasteiger partial charge >= 0.3 is 0 Å². The molecule has 0 radical (unpaired) electrons. The van der Waals surface area contributed by atoms with Crippen LogP contribution in [0.15, 0.2) is 59.5 Å². The van der Waals surface area contributed by atoms with Crippen molar-refractivity contribution in [3.8, 4) is 0 Å². The maximum Gasteiger partial charge on any atom is 0.246 e. The van der Waals surface area contributed by atoms with E-state index in [0.717, 1.165) is 5.56 Å². The molecule has 0 aliphatic rings. The lowest BCUT2D eigenvalue weighted by Gasteiger charge is -2.15. The van der Waals surface area contributed by atoms with Gasteiger partial charge in [0.15, 0.2) is 0 Å². The molecule has 0 aromatic heterocycles. The average Bonchev–Trinajstić information content (AvgIpc) is 2.53. The molecule has 0 aliphatic heterocycles. The SMILES string of the molecule is CSc1ccc(CN(C)C(=O)/C=C/c2cccc(F)c2)cc1. The molecular formula is C18H18FNOS. The van der Waals surface area contributed by atoms with Crippen LogP contribution in [0.25, 0.3) is 6.08 Å². The molecule has 2 rings (SSSR count). The molecule has 2 aromatic carbocycles. The van der Waals surface area contributed by atoms with Gasteiger partial charge < -0.3 is 4.90 Å². The third-order valence-electron chi connectivity index (χ3n) is 3.22. The third-order valence-corrected chi connectivity index (χ3v) is 3.97. The van der Waals surface area contributed by atoms with Gasteiger partial charge in [0.2, 0.25) is 5.91 Å². The molecule has 4 heteroatoms. The molecule has 0 unspecified atom stereocenters. The summed E-state index contributed by atoms with van der Waals surface area (Å²) in [7, 11) is 1.75. The van der Waals surface area contributed by atoms with E-state index in [1.165, 1.54) is 23.1 Å². The highest BCUT2D eigenvalue weighted by Crippen LogP contribution is 2.15. The Morgan fingerprint density at radius 2 is 1.95 bits per heavy atom. The van der Waals surface area contributed by atoms with Crippen molar-refractivity contribution in [1.29, 1.82) is 0 Å². The maximum atomic E-state index is 13.1. The number of nitrogens with zero attached hydrogens (tertiary/aromatic N) is 1. The third kappa shape index (κ3) is 4.74. The molecule has 2 nitrogen and oxygen atoms in total. The number of carbonyl (C=O) groups excluding carboxylic acids is 1. The number of thioether (sulfide) groups is 1. The molecule has 0 fully saturated rings. The second-order valence-electron chi connectivity index (χ2n) is 4.93. The Bertz CT molecular complexity index is 667. The summed E-state index contributed by atoms with van der Waals surface area (Å²) < 4.78 is 13.1. The van der Waals surface area contributed by atoms with Crippen LogP contribution in [0.3, 0.4) is 0 Å². The predicted octanol–water partition coefficient (Wildman–Crippen LogP) is 4.22. The van der Waals surface area contributed by atoms with Gasteiger partial charge in [-0.25, -0.2) is 4.39 Å². The van der Waals surface area contributed by atoms with E-state index in [2.05, 4.69) is 0 Å². The van der Waals surface area contributed by atoms with Gasteiger partial charge in [0.1, 0.15) is 5.82 Å². The lowest BCUT2D eigenvalue weighted by molar-refractivity contribution is -0.125. The molecule has 0 atom stereocenters. The number of carbonyl (C=O) groups is 1. The topological polar surface area (TPSA) is 20.3 Å². The molecule has 0 saturated carbocycles. The van der Waals surface area contributed by atoms with Crippen LogP contribution < -0.4 is 0 Å². The summed E-state index contributed by atoms with van der Waals surface area (Å²) in [6.07, 6.45) is 5.12. The normalized spacial score (nSPS) is 10.9. The number of hydrogen-bond acceptors (Lipinski definition) is 2. The maximum absolute atomic E-state index is 13.1. The number of hydrogen-bond donors (Lipinski definition) is 0. The molecule has 22 heavy (non-hydrogen) atoms. The van der Waals surface area contributed by atoms with Gasteiger partial charge in [-0.2, -0.15) is 0 Å². The highest BCUT2D eigenvalue weighted by molar-refractivity contribution is 7.98. The zero-order valence-electron chi connectivity index (χ0n) is 12.6. The molecule has 0 spiro atoms. The highest BCUT2D eigenvalue weighted by atomic mass is 32.2. The Morgan fingerprint density at radius 3 is 2.59 bits per heavy atom. The average molecular weight is 315 g/mol. The fourth-order valence-corrected chi connectivity index (χ4v) is 2.40. The first-order valence-electron chi connectivity index (χ1n) is 6.90. The highest BCUT2D eigenvalue weighted by Gasteiger charge is 2.06. The largest absolute Gasteiger partial charge is 0.338 e. The molecule has 2 aromatic rings. The van der Waals surface area contributed by atoms with Gasteiger partial charge in [0.25, 0.3) is 0 Å². The fourth-order valence-electron chi connectivity index (χ4n) is 1.99. The summed E-state index contributed by atoms with van der Waals surface area (Å²) in [6, 6.07) is 14.3. The van der Waals surface area contributed by atoms with E-state index in [1.807, 2.05) is 30.5 Å². The van der Waals surface area contributed by atoms with Gasteiger partial charge in [-0.05, 0) is 47.7 Å². The van der Waals surface area contributed by atoms with Crippen molar-refractivity contribution in [3.63, 3.8) is 0 Å². The minimum absolute atomic E-state index is 0.113. The van der Waals surface area contributed by atoms with Crippen molar-refractivity contribution in [2.75, 3.05) is 13.3 Å². The Hall–Kier alpha value is -2.07. The summed E-state index contributed by atoms with van der Waals surface area (Å²) in [6.45, 7) is 0.543. The Labute approximate surface area is 134 Å². The molecule has 0 aliphatic carbocycles.